The lowest BCUT2D eigenvalue weighted by atomic mass is 10.1. The molecule has 0 bridgehead atoms. The first-order valence-corrected chi connectivity index (χ1v) is 12.8. The zero-order valence-electron chi connectivity index (χ0n) is 23.4. The normalized spacial score (nSPS) is 10.4. The Kier molecular flexibility index (Phi) is 8.81. The summed E-state index contributed by atoms with van der Waals surface area (Å²) in [4.78, 5) is 64.0. The summed E-state index contributed by atoms with van der Waals surface area (Å²) in [6.07, 6.45) is 1.63. The second-order valence-corrected chi connectivity index (χ2v) is 9.42. The molecule has 0 radical (unpaired) electrons. The summed E-state index contributed by atoms with van der Waals surface area (Å²) in [5.74, 6) is -1.31. The molecule has 0 unspecified atom stereocenters. The van der Waals surface area contributed by atoms with Crippen LogP contribution in [0.1, 0.15) is 38.0 Å². The number of ether oxygens (including phenoxy) is 1. The molecule has 0 aliphatic carbocycles. The number of amides is 4. The number of aromatic nitrogens is 1. The van der Waals surface area contributed by atoms with Gasteiger partial charge in [0.1, 0.15) is 5.75 Å². The highest BCUT2D eigenvalue weighted by atomic mass is 16.5. The van der Waals surface area contributed by atoms with Crippen LogP contribution in [0.3, 0.4) is 0 Å². The van der Waals surface area contributed by atoms with E-state index in [1.165, 1.54) is 59.9 Å². The molecule has 0 aliphatic heterocycles. The number of methoxy groups -OCH3 is 1. The van der Waals surface area contributed by atoms with Gasteiger partial charge in [0, 0.05) is 55.7 Å². The second-order valence-electron chi connectivity index (χ2n) is 9.42. The summed E-state index contributed by atoms with van der Waals surface area (Å²) in [5, 5.41) is 8.17. The summed E-state index contributed by atoms with van der Waals surface area (Å²) in [7, 11) is 4.62. The summed E-state index contributed by atoms with van der Waals surface area (Å²) in [6.45, 7) is 1.36. The van der Waals surface area contributed by atoms with Gasteiger partial charge in [0.05, 0.1) is 24.2 Å². The number of hydrogen-bond acceptors (Lipinski definition) is 6. The number of carbonyl (C=O) groups is 4. The third-order valence-corrected chi connectivity index (χ3v) is 6.17. The minimum absolute atomic E-state index is 0.193. The van der Waals surface area contributed by atoms with Gasteiger partial charge in [-0.1, -0.05) is 6.07 Å². The maximum Gasteiger partial charge on any atom is 0.255 e. The lowest BCUT2D eigenvalue weighted by Gasteiger charge is -2.17. The topological polar surface area (TPSA) is 139 Å². The number of pyridine rings is 1. The van der Waals surface area contributed by atoms with E-state index in [1.807, 2.05) is 0 Å². The van der Waals surface area contributed by atoms with Crippen molar-refractivity contribution in [3.05, 3.63) is 112 Å². The van der Waals surface area contributed by atoms with Crippen LogP contribution < -0.4 is 26.2 Å². The maximum absolute atomic E-state index is 13.2. The first-order chi connectivity index (χ1) is 20.1. The van der Waals surface area contributed by atoms with Crippen LogP contribution in [-0.2, 0) is 4.79 Å². The van der Waals surface area contributed by atoms with Crippen molar-refractivity contribution in [1.29, 1.82) is 0 Å². The summed E-state index contributed by atoms with van der Waals surface area (Å²) in [5.41, 5.74) is 2.07. The average Bonchev–Trinajstić information content (AvgIpc) is 2.97. The molecule has 0 saturated heterocycles. The van der Waals surface area contributed by atoms with Crippen molar-refractivity contribution < 1.29 is 23.9 Å². The van der Waals surface area contributed by atoms with E-state index in [0.717, 1.165) is 0 Å². The minimum Gasteiger partial charge on any atom is -0.495 e. The van der Waals surface area contributed by atoms with Gasteiger partial charge >= 0.3 is 0 Å². The Morgan fingerprint density at radius 3 is 1.98 bits per heavy atom. The third-order valence-electron chi connectivity index (χ3n) is 6.17. The molecule has 42 heavy (non-hydrogen) atoms. The van der Waals surface area contributed by atoms with E-state index < -0.39 is 11.8 Å². The Morgan fingerprint density at radius 2 is 1.33 bits per heavy atom. The monoisotopic (exact) mass is 567 g/mol. The van der Waals surface area contributed by atoms with Gasteiger partial charge in [-0.2, -0.15) is 0 Å². The zero-order valence-corrected chi connectivity index (χ0v) is 23.4. The van der Waals surface area contributed by atoms with Crippen LogP contribution in [-0.4, -0.2) is 54.3 Å². The molecule has 0 spiro atoms. The van der Waals surface area contributed by atoms with Gasteiger partial charge < -0.3 is 25.6 Å². The standard InChI is InChI=1S/C31H29N5O6/c1-19(37)32-25-15-10-21(18-27(25)42-4)30(40)34-26-17-22(31(41)35(2)3)11-14-24(26)33-29(39)20-8-12-23(13-9-20)36-16-6-5-7-28(36)38/h5-18H,1-4H3,(H,32,37)(H,33,39)(H,34,40). The summed E-state index contributed by atoms with van der Waals surface area (Å²) in [6, 6.07) is 20.3. The fourth-order valence-electron chi connectivity index (χ4n) is 4.08. The van der Waals surface area contributed by atoms with Crippen LogP contribution in [0.5, 0.6) is 5.75 Å². The van der Waals surface area contributed by atoms with Gasteiger partial charge in [0.2, 0.25) is 5.91 Å². The molecule has 11 heteroatoms. The first-order valence-electron chi connectivity index (χ1n) is 12.8. The largest absolute Gasteiger partial charge is 0.495 e. The number of nitrogens with one attached hydrogen (secondary N) is 3. The van der Waals surface area contributed by atoms with E-state index in [2.05, 4.69) is 16.0 Å². The predicted octanol–water partition coefficient (Wildman–Crippen LogP) is 4.01. The van der Waals surface area contributed by atoms with Crippen molar-refractivity contribution in [3.8, 4) is 11.4 Å². The first kappa shape index (κ1) is 29.3. The van der Waals surface area contributed by atoms with E-state index >= 15 is 0 Å². The van der Waals surface area contributed by atoms with E-state index in [9.17, 15) is 24.0 Å². The third kappa shape index (κ3) is 6.70. The summed E-state index contributed by atoms with van der Waals surface area (Å²) >= 11 is 0. The predicted molar refractivity (Wildman–Crippen MR) is 160 cm³/mol. The molecular weight excluding hydrogens is 538 g/mol. The molecule has 1 heterocycles. The molecule has 3 N–H and O–H groups in total. The Labute approximate surface area is 241 Å². The van der Waals surface area contributed by atoms with Crippen molar-refractivity contribution >= 4 is 40.7 Å². The molecule has 214 valence electrons. The lowest BCUT2D eigenvalue weighted by molar-refractivity contribution is -0.114. The van der Waals surface area contributed by atoms with E-state index in [-0.39, 0.29) is 40.1 Å². The fraction of sp³-hybridized carbons (Fsp3) is 0.129. The van der Waals surface area contributed by atoms with Crippen molar-refractivity contribution in [1.82, 2.24) is 9.47 Å². The molecule has 0 atom stereocenters. The van der Waals surface area contributed by atoms with Crippen molar-refractivity contribution in [2.45, 2.75) is 6.92 Å². The van der Waals surface area contributed by atoms with Gasteiger partial charge in [-0.15, -0.1) is 0 Å². The quantitative estimate of drug-likeness (QED) is 0.294. The number of nitrogens with zero attached hydrogens (tertiary/aromatic N) is 2. The number of benzene rings is 3. The van der Waals surface area contributed by atoms with Gasteiger partial charge in [0.15, 0.2) is 0 Å². The van der Waals surface area contributed by atoms with Crippen molar-refractivity contribution in [2.75, 3.05) is 37.2 Å². The minimum atomic E-state index is -0.537. The van der Waals surface area contributed by atoms with E-state index in [1.54, 1.807) is 62.8 Å². The molecule has 11 nitrogen and oxygen atoms in total. The molecule has 1 aromatic heterocycles. The zero-order chi connectivity index (χ0) is 30.4. The summed E-state index contributed by atoms with van der Waals surface area (Å²) < 4.78 is 6.76. The number of rotatable bonds is 8. The van der Waals surface area contributed by atoms with Crippen molar-refractivity contribution in [2.24, 2.45) is 0 Å². The van der Waals surface area contributed by atoms with E-state index in [0.29, 0.717) is 22.5 Å². The molecule has 0 saturated carbocycles. The maximum atomic E-state index is 13.2. The Bertz CT molecular complexity index is 1730. The van der Waals surface area contributed by atoms with Gasteiger partial charge in [-0.3, -0.25) is 28.5 Å². The molecule has 4 aromatic rings. The van der Waals surface area contributed by atoms with Crippen LogP contribution in [0.4, 0.5) is 17.1 Å². The fourth-order valence-corrected chi connectivity index (χ4v) is 4.08. The number of carbonyl (C=O) groups excluding carboxylic acids is 4. The van der Waals surface area contributed by atoms with E-state index in [4.69, 9.17) is 4.74 Å². The van der Waals surface area contributed by atoms with Crippen molar-refractivity contribution in [3.63, 3.8) is 0 Å². The highest BCUT2D eigenvalue weighted by molar-refractivity contribution is 6.11. The van der Waals surface area contributed by atoms with Gasteiger partial charge in [0.25, 0.3) is 23.3 Å². The Balaban J connectivity index is 1.62. The van der Waals surface area contributed by atoms with Crippen LogP contribution in [0.25, 0.3) is 5.69 Å². The average molecular weight is 568 g/mol. The van der Waals surface area contributed by atoms with Gasteiger partial charge in [-0.05, 0) is 66.7 Å². The second kappa shape index (κ2) is 12.6. The molecule has 4 amide bonds. The Hall–Kier alpha value is -5.71. The van der Waals surface area contributed by atoms with Crippen LogP contribution in [0, 0.1) is 0 Å². The molecule has 4 rings (SSSR count). The highest BCUT2D eigenvalue weighted by Crippen LogP contribution is 2.28. The number of anilines is 3. The molecular formula is C31H29N5O6. The lowest BCUT2D eigenvalue weighted by Crippen LogP contribution is -2.22. The Morgan fingerprint density at radius 1 is 0.714 bits per heavy atom. The SMILES string of the molecule is COc1cc(C(=O)Nc2cc(C(=O)N(C)C)ccc2NC(=O)c2ccc(-n3ccccc3=O)cc2)ccc1NC(C)=O. The van der Waals surface area contributed by atoms with Crippen LogP contribution in [0.2, 0.25) is 0 Å². The smallest absolute Gasteiger partial charge is 0.255 e. The van der Waals surface area contributed by atoms with Gasteiger partial charge in [-0.25, -0.2) is 0 Å². The molecule has 0 fully saturated rings. The molecule has 3 aromatic carbocycles. The number of hydrogen-bond donors (Lipinski definition) is 3. The van der Waals surface area contributed by atoms with Crippen LogP contribution >= 0.6 is 0 Å². The molecule has 0 aliphatic rings. The van der Waals surface area contributed by atoms with Crippen LogP contribution in [0.15, 0.2) is 89.9 Å². The highest BCUT2D eigenvalue weighted by Gasteiger charge is 2.18.